The molecule has 4 nitrogen and oxygen atoms in total. The molecular formula is C10H22N2O2. The maximum atomic E-state index is 5.46. The van der Waals surface area contributed by atoms with Crippen LogP contribution in [0.15, 0.2) is 0 Å². The van der Waals surface area contributed by atoms with E-state index in [4.69, 9.17) is 9.47 Å². The van der Waals surface area contributed by atoms with E-state index in [1.807, 2.05) is 20.8 Å². The third-order valence-electron chi connectivity index (χ3n) is 2.06. The van der Waals surface area contributed by atoms with Crippen LogP contribution < -0.4 is 5.32 Å². The Labute approximate surface area is 86.6 Å². The average Bonchev–Trinajstić information content (AvgIpc) is 2.13. The van der Waals surface area contributed by atoms with E-state index in [2.05, 4.69) is 10.2 Å². The molecule has 1 aliphatic rings. The number of nitrogens with one attached hydrogen (secondary N) is 1. The van der Waals surface area contributed by atoms with Gasteiger partial charge in [-0.2, -0.15) is 0 Å². The van der Waals surface area contributed by atoms with Crippen LogP contribution in [0.2, 0.25) is 0 Å². The summed E-state index contributed by atoms with van der Waals surface area (Å²) in [6.45, 7) is 11.4. The summed E-state index contributed by atoms with van der Waals surface area (Å²) in [6.07, 6.45) is 0. The molecule has 0 aliphatic carbocycles. The number of nitrogens with zero attached hydrogens (tertiary/aromatic N) is 1. The molecule has 0 unspecified atom stereocenters. The highest BCUT2D eigenvalue weighted by atomic mass is 16.7. The Morgan fingerprint density at radius 1 is 1.21 bits per heavy atom. The average molecular weight is 202 g/mol. The van der Waals surface area contributed by atoms with Crippen molar-refractivity contribution in [1.82, 2.24) is 10.2 Å². The van der Waals surface area contributed by atoms with Crippen molar-refractivity contribution < 1.29 is 9.47 Å². The van der Waals surface area contributed by atoms with Gasteiger partial charge in [-0.1, -0.05) is 0 Å². The number of hydrogen-bond donors (Lipinski definition) is 1. The topological polar surface area (TPSA) is 33.7 Å². The molecule has 0 saturated carbocycles. The Balaban J connectivity index is 1.97. The molecule has 0 spiro atoms. The maximum absolute atomic E-state index is 5.46. The normalized spacial score (nSPS) is 19.9. The van der Waals surface area contributed by atoms with Gasteiger partial charge in [0.05, 0.1) is 5.60 Å². The molecule has 0 aromatic heterocycles. The van der Waals surface area contributed by atoms with Crippen molar-refractivity contribution in [2.24, 2.45) is 0 Å². The molecule has 0 atom stereocenters. The first-order valence-electron chi connectivity index (χ1n) is 5.23. The fourth-order valence-electron chi connectivity index (χ4n) is 1.23. The van der Waals surface area contributed by atoms with Crippen molar-refractivity contribution in [1.29, 1.82) is 0 Å². The maximum Gasteiger partial charge on any atom is 0.149 e. The fraction of sp³-hybridized carbons (Fsp3) is 1.00. The number of hydrogen-bond acceptors (Lipinski definition) is 4. The van der Waals surface area contributed by atoms with E-state index in [-0.39, 0.29) is 5.60 Å². The summed E-state index contributed by atoms with van der Waals surface area (Å²) in [5.41, 5.74) is -0.108. The van der Waals surface area contributed by atoms with Crippen LogP contribution in [-0.2, 0) is 9.47 Å². The quantitative estimate of drug-likeness (QED) is 0.536. The molecule has 84 valence electrons. The first-order valence-corrected chi connectivity index (χ1v) is 5.23. The minimum absolute atomic E-state index is 0.108. The summed E-state index contributed by atoms with van der Waals surface area (Å²) >= 11 is 0. The van der Waals surface area contributed by atoms with Gasteiger partial charge in [-0.05, 0) is 20.8 Å². The van der Waals surface area contributed by atoms with Crippen LogP contribution in [0.4, 0.5) is 0 Å². The second-order valence-corrected chi connectivity index (χ2v) is 4.58. The van der Waals surface area contributed by atoms with Gasteiger partial charge in [0.2, 0.25) is 0 Å². The predicted molar refractivity (Wildman–Crippen MR) is 56.1 cm³/mol. The Bertz CT molecular complexity index is 151. The minimum Gasteiger partial charge on any atom is -0.350 e. The van der Waals surface area contributed by atoms with E-state index >= 15 is 0 Å². The van der Waals surface area contributed by atoms with Crippen LogP contribution in [0.1, 0.15) is 20.8 Å². The lowest BCUT2D eigenvalue weighted by Gasteiger charge is -2.27. The molecule has 0 bridgehead atoms. The van der Waals surface area contributed by atoms with Gasteiger partial charge >= 0.3 is 0 Å². The summed E-state index contributed by atoms with van der Waals surface area (Å²) < 4.78 is 10.9. The first kappa shape index (κ1) is 11.9. The zero-order chi connectivity index (χ0) is 10.4. The molecule has 4 heteroatoms. The smallest absolute Gasteiger partial charge is 0.149 e. The summed E-state index contributed by atoms with van der Waals surface area (Å²) in [5, 5.41) is 3.30. The molecule has 14 heavy (non-hydrogen) atoms. The van der Waals surface area contributed by atoms with Gasteiger partial charge in [0.1, 0.15) is 13.5 Å². The van der Waals surface area contributed by atoms with Gasteiger partial charge in [0.15, 0.2) is 0 Å². The van der Waals surface area contributed by atoms with Crippen LogP contribution in [0, 0.1) is 0 Å². The zero-order valence-corrected chi connectivity index (χ0v) is 9.51. The Morgan fingerprint density at radius 3 is 2.43 bits per heavy atom. The Hall–Kier alpha value is -0.160. The largest absolute Gasteiger partial charge is 0.350 e. The number of ether oxygens (including phenoxy) is 2. The van der Waals surface area contributed by atoms with E-state index in [0.717, 1.165) is 26.2 Å². The van der Waals surface area contributed by atoms with E-state index in [1.165, 1.54) is 0 Å². The van der Waals surface area contributed by atoms with E-state index < -0.39 is 0 Å². The zero-order valence-electron chi connectivity index (χ0n) is 9.51. The predicted octanol–water partition coefficient (Wildman–Crippen LogP) is 0.638. The molecule has 1 rings (SSSR count). The first-order chi connectivity index (χ1) is 6.58. The van der Waals surface area contributed by atoms with Crippen molar-refractivity contribution in [3.63, 3.8) is 0 Å². The molecule has 1 saturated heterocycles. The molecular weight excluding hydrogens is 180 g/mol. The molecule has 1 N–H and O–H groups in total. The lowest BCUT2D eigenvalue weighted by atomic mass is 10.2. The summed E-state index contributed by atoms with van der Waals surface area (Å²) in [5.74, 6) is 0. The van der Waals surface area contributed by atoms with Crippen molar-refractivity contribution in [3.05, 3.63) is 0 Å². The van der Waals surface area contributed by atoms with Gasteiger partial charge in [0, 0.05) is 26.2 Å². The van der Waals surface area contributed by atoms with Gasteiger partial charge in [-0.15, -0.1) is 0 Å². The molecule has 1 fully saturated rings. The van der Waals surface area contributed by atoms with Crippen LogP contribution in [0.25, 0.3) is 0 Å². The van der Waals surface area contributed by atoms with Crippen molar-refractivity contribution in [2.75, 3.05) is 39.7 Å². The Morgan fingerprint density at radius 2 is 1.86 bits per heavy atom. The third-order valence-corrected chi connectivity index (χ3v) is 2.06. The molecule has 0 amide bonds. The second kappa shape index (κ2) is 5.66. The molecule has 0 radical (unpaired) electrons. The van der Waals surface area contributed by atoms with Crippen molar-refractivity contribution >= 4 is 0 Å². The molecule has 0 aromatic rings. The lowest BCUT2D eigenvalue weighted by Crippen LogP contribution is -2.44. The monoisotopic (exact) mass is 202 g/mol. The molecule has 1 heterocycles. The summed E-state index contributed by atoms with van der Waals surface area (Å²) in [4.78, 5) is 2.28. The van der Waals surface area contributed by atoms with Gasteiger partial charge in [-0.3, -0.25) is 4.90 Å². The SMILES string of the molecule is CC(C)(C)OCOCN1CCNCC1. The highest BCUT2D eigenvalue weighted by molar-refractivity contribution is 4.64. The molecule has 0 aromatic carbocycles. The van der Waals surface area contributed by atoms with Crippen molar-refractivity contribution in [2.45, 2.75) is 26.4 Å². The van der Waals surface area contributed by atoms with Gasteiger partial charge in [-0.25, -0.2) is 0 Å². The van der Waals surface area contributed by atoms with Crippen LogP contribution >= 0.6 is 0 Å². The summed E-state index contributed by atoms with van der Waals surface area (Å²) in [7, 11) is 0. The van der Waals surface area contributed by atoms with Gasteiger partial charge in [0.25, 0.3) is 0 Å². The number of rotatable bonds is 4. The van der Waals surface area contributed by atoms with E-state index in [1.54, 1.807) is 0 Å². The second-order valence-electron chi connectivity index (χ2n) is 4.58. The van der Waals surface area contributed by atoms with E-state index in [9.17, 15) is 0 Å². The number of piperazine rings is 1. The molecule has 1 aliphatic heterocycles. The van der Waals surface area contributed by atoms with Crippen LogP contribution in [0.3, 0.4) is 0 Å². The highest BCUT2D eigenvalue weighted by Gasteiger charge is 2.11. The fourth-order valence-corrected chi connectivity index (χ4v) is 1.23. The lowest BCUT2D eigenvalue weighted by molar-refractivity contribution is -0.141. The highest BCUT2D eigenvalue weighted by Crippen LogP contribution is 2.06. The Kier molecular flexibility index (Phi) is 4.81. The van der Waals surface area contributed by atoms with Gasteiger partial charge < -0.3 is 14.8 Å². The van der Waals surface area contributed by atoms with E-state index in [0.29, 0.717) is 13.5 Å². The summed E-state index contributed by atoms with van der Waals surface area (Å²) in [6, 6.07) is 0. The third kappa shape index (κ3) is 5.54. The standard InChI is InChI=1S/C10H22N2O2/c1-10(2,3)14-9-13-8-12-6-4-11-5-7-12/h11H,4-9H2,1-3H3. The van der Waals surface area contributed by atoms with Crippen LogP contribution in [-0.4, -0.2) is 50.2 Å². The van der Waals surface area contributed by atoms with Crippen LogP contribution in [0.5, 0.6) is 0 Å². The van der Waals surface area contributed by atoms with Crippen molar-refractivity contribution in [3.8, 4) is 0 Å². The minimum atomic E-state index is -0.108.